The fourth-order valence-corrected chi connectivity index (χ4v) is 4.54. The van der Waals surface area contributed by atoms with E-state index < -0.39 is 17.8 Å². The average Bonchev–Trinajstić information content (AvgIpc) is 2.87. The first-order chi connectivity index (χ1) is 17.0. The SMILES string of the molecule is CCCCN(C(=O)c1ccccc1F)C(CC)c1nc2ccccc2c(=O)n1-c1ccc(Br)cc1. The van der Waals surface area contributed by atoms with Crippen molar-refractivity contribution in [1.82, 2.24) is 14.5 Å². The van der Waals surface area contributed by atoms with Crippen LogP contribution in [0.15, 0.2) is 82.1 Å². The van der Waals surface area contributed by atoms with E-state index in [1.807, 2.05) is 50.2 Å². The number of carbonyl (C=O) groups is 1. The van der Waals surface area contributed by atoms with Gasteiger partial charge in [0, 0.05) is 11.0 Å². The smallest absolute Gasteiger partial charge is 0.266 e. The minimum Gasteiger partial charge on any atom is -0.328 e. The zero-order chi connectivity index (χ0) is 24.9. The molecule has 0 saturated heterocycles. The number of amides is 1. The summed E-state index contributed by atoms with van der Waals surface area (Å²) in [5, 5.41) is 0.495. The molecule has 5 nitrogen and oxygen atoms in total. The van der Waals surface area contributed by atoms with Crippen molar-refractivity contribution in [3.8, 4) is 5.69 Å². The van der Waals surface area contributed by atoms with E-state index in [1.165, 1.54) is 12.1 Å². The summed E-state index contributed by atoms with van der Waals surface area (Å²) in [5.41, 5.74) is 1.02. The molecule has 1 unspecified atom stereocenters. The van der Waals surface area contributed by atoms with Gasteiger partial charge in [-0.3, -0.25) is 14.2 Å². The van der Waals surface area contributed by atoms with Crippen LogP contribution in [-0.2, 0) is 0 Å². The summed E-state index contributed by atoms with van der Waals surface area (Å²) in [4.78, 5) is 33.9. The van der Waals surface area contributed by atoms with Crippen LogP contribution in [0.25, 0.3) is 16.6 Å². The van der Waals surface area contributed by atoms with E-state index in [9.17, 15) is 14.0 Å². The van der Waals surface area contributed by atoms with Crippen LogP contribution in [0.4, 0.5) is 4.39 Å². The van der Waals surface area contributed by atoms with Crippen LogP contribution in [0.2, 0.25) is 0 Å². The number of rotatable bonds is 8. The predicted octanol–water partition coefficient (Wildman–Crippen LogP) is 6.68. The number of carbonyl (C=O) groups excluding carboxylic acids is 1. The lowest BCUT2D eigenvalue weighted by Gasteiger charge is -2.32. The van der Waals surface area contributed by atoms with E-state index in [-0.39, 0.29) is 11.1 Å². The van der Waals surface area contributed by atoms with Crippen LogP contribution in [-0.4, -0.2) is 26.9 Å². The summed E-state index contributed by atoms with van der Waals surface area (Å²) in [5.74, 6) is -0.516. The molecule has 7 heteroatoms. The third-order valence-electron chi connectivity index (χ3n) is 6.07. The molecule has 0 radical (unpaired) electrons. The molecule has 0 fully saturated rings. The third-order valence-corrected chi connectivity index (χ3v) is 6.59. The minimum atomic E-state index is -0.564. The first-order valence-corrected chi connectivity index (χ1v) is 12.6. The zero-order valence-electron chi connectivity index (χ0n) is 19.7. The van der Waals surface area contributed by atoms with Gasteiger partial charge in [0.2, 0.25) is 0 Å². The molecule has 1 amide bonds. The number of fused-ring (bicyclic) bond motifs is 1. The lowest BCUT2D eigenvalue weighted by atomic mass is 10.1. The molecule has 35 heavy (non-hydrogen) atoms. The molecule has 0 aliphatic rings. The molecule has 0 N–H and O–H groups in total. The van der Waals surface area contributed by atoms with Gasteiger partial charge in [0.15, 0.2) is 0 Å². The van der Waals surface area contributed by atoms with Gasteiger partial charge < -0.3 is 4.90 Å². The van der Waals surface area contributed by atoms with Crippen molar-refractivity contribution in [3.05, 3.63) is 105 Å². The maximum Gasteiger partial charge on any atom is 0.266 e. The summed E-state index contributed by atoms with van der Waals surface area (Å²) in [6.07, 6.45) is 2.11. The topological polar surface area (TPSA) is 55.2 Å². The quantitative estimate of drug-likeness (QED) is 0.253. The van der Waals surface area contributed by atoms with Crippen LogP contribution in [0.3, 0.4) is 0 Å². The molecule has 0 saturated carbocycles. The molecule has 0 aliphatic heterocycles. The maximum absolute atomic E-state index is 14.6. The normalized spacial score (nSPS) is 12.0. The number of halogens is 2. The molecule has 1 heterocycles. The van der Waals surface area contributed by atoms with Gasteiger partial charge in [0.1, 0.15) is 11.6 Å². The van der Waals surface area contributed by atoms with Crippen molar-refractivity contribution in [3.63, 3.8) is 0 Å². The third kappa shape index (κ3) is 5.05. The van der Waals surface area contributed by atoms with Gasteiger partial charge in [-0.2, -0.15) is 0 Å². The minimum absolute atomic E-state index is 0.0142. The summed E-state index contributed by atoms with van der Waals surface area (Å²) in [7, 11) is 0. The monoisotopic (exact) mass is 535 g/mol. The molecular formula is C28H27BrFN3O2. The van der Waals surface area contributed by atoms with Crippen LogP contribution in [0.5, 0.6) is 0 Å². The lowest BCUT2D eigenvalue weighted by Crippen LogP contribution is -2.39. The van der Waals surface area contributed by atoms with Crippen molar-refractivity contribution in [2.45, 2.75) is 39.2 Å². The van der Waals surface area contributed by atoms with Crippen LogP contribution >= 0.6 is 15.9 Å². The fraction of sp³-hybridized carbons (Fsp3) is 0.250. The molecule has 3 aromatic carbocycles. The highest BCUT2D eigenvalue weighted by molar-refractivity contribution is 9.10. The van der Waals surface area contributed by atoms with Gasteiger partial charge in [-0.05, 0) is 61.4 Å². The number of nitrogens with zero attached hydrogens (tertiary/aromatic N) is 3. The Balaban J connectivity index is 1.95. The van der Waals surface area contributed by atoms with Gasteiger partial charge >= 0.3 is 0 Å². The number of benzene rings is 3. The molecule has 4 rings (SSSR count). The number of hydrogen-bond acceptors (Lipinski definition) is 3. The summed E-state index contributed by atoms with van der Waals surface area (Å²) < 4.78 is 17.1. The van der Waals surface area contributed by atoms with E-state index in [4.69, 9.17) is 4.98 Å². The van der Waals surface area contributed by atoms with Crippen molar-refractivity contribution < 1.29 is 9.18 Å². The number of hydrogen-bond donors (Lipinski definition) is 0. The molecule has 0 spiro atoms. The molecule has 1 atom stereocenters. The largest absolute Gasteiger partial charge is 0.328 e. The molecule has 4 aromatic rings. The second-order valence-electron chi connectivity index (χ2n) is 8.36. The second-order valence-corrected chi connectivity index (χ2v) is 9.28. The van der Waals surface area contributed by atoms with Crippen LogP contribution < -0.4 is 5.56 Å². The Labute approximate surface area is 212 Å². The Bertz CT molecular complexity index is 1400. The molecular weight excluding hydrogens is 509 g/mol. The van der Waals surface area contributed by atoms with E-state index in [1.54, 1.807) is 33.7 Å². The highest BCUT2D eigenvalue weighted by Crippen LogP contribution is 2.29. The number of unbranched alkanes of at least 4 members (excludes halogenated alkanes) is 1. The van der Waals surface area contributed by atoms with Gasteiger partial charge in [0.25, 0.3) is 11.5 Å². The zero-order valence-corrected chi connectivity index (χ0v) is 21.3. The fourth-order valence-electron chi connectivity index (χ4n) is 4.27. The van der Waals surface area contributed by atoms with Crippen molar-refractivity contribution in [2.24, 2.45) is 0 Å². The molecule has 0 aliphatic carbocycles. The van der Waals surface area contributed by atoms with Gasteiger partial charge in [0.05, 0.1) is 28.2 Å². The summed E-state index contributed by atoms with van der Waals surface area (Å²) in [6, 6.07) is 20.1. The highest BCUT2D eigenvalue weighted by Gasteiger charge is 2.30. The van der Waals surface area contributed by atoms with Crippen molar-refractivity contribution in [1.29, 1.82) is 0 Å². The Hall–Kier alpha value is -3.32. The number of para-hydroxylation sites is 1. The predicted molar refractivity (Wildman–Crippen MR) is 140 cm³/mol. The van der Waals surface area contributed by atoms with Gasteiger partial charge in [-0.15, -0.1) is 0 Å². The lowest BCUT2D eigenvalue weighted by molar-refractivity contribution is 0.0651. The summed E-state index contributed by atoms with van der Waals surface area (Å²) in [6.45, 7) is 4.41. The Kier molecular flexibility index (Phi) is 7.76. The Morgan fingerprint density at radius 1 is 1.03 bits per heavy atom. The average molecular weight is 536 g/mol. The molecule has 180 valence electrons. The van der Waals surface area contributed by atoms with E-state index in [0.29, 0.717) is 35.4 Å². The molecule has 0 bridgehead atoms. The Morgan fingerprint density at radius 2 is 1.71 bits per heavy atom. The van der Waals surface area contributed by atoms with Crippen molar-refractivity contribution in [2.75, 3.05) is 6.54 Å². The second kappa shape index (κ2) is 11.0. The first kappa shape index (κ1) is 24.8. The first-order valence-electron chi connectivity index (χ1n) is 11.8. The van der Waals surface area contributed by atoms with E-state index >= 15 is 0 Å². The number of aromatic nitrogens is 2. The van der Waals surface area contributed by atoms with Crippen LogP contribution in [0, 0.1) is 5.82 Å². The standard InChI is InChI=1S/C28H27BrFN3O2/c1-3-5-18-32(27(34)21-10-6-8-12-23(21)30)25(4-2)26-31-24-13-9-7-11-22(24)28(35)33(26)20-16-14-19(29)15-17-20/h6-17,25H,3-5,18H2,1-2H3. The van der Waals surface area contributed by atoms with Crippen molar-refractivity contribution >= 4 is 32.7 Å². The molecule has 1 aromatic heterocycles. The van der Waals surface area contributed by atoms with Gasteiger partial charge in [-0.1, -0.05) is 60.5 Å². The van der Waals surface area contributed by atoms with Gasteiger partial charge in [-0.25, -0.2) is 9.37 Å². The van der Waals surface area contributed by atoms with Crippen LogP contribution in [0.1, 0.15) is 55.3 Å². The van der Waals surface area contributed by atoms with E-state index in [0.717, 1.165) is 17.3 Å². The van der Waals surface area contributed by atoms with E-state index in [2.05, 4.69) is 15.9 Å². The summed E-state index contributed by atoms with van der Waals surface area (Å²) >= 11 is 3.45. The maximum atomic E-state index is 14.6. The highest BCUT2D eigenvalue weighted by atomic mass is 79.9. The Morgan fingerprint density at radius 3 is 2.40 bits per heavy atom.